The van der Waals surface area contributed by atoms with Crippen LogP contribution in [-0.4, -0.2) is 85.0 Å². The van der Waals surface area contributed by atoms with E-state index in [1.807, 2.05) is 9.80 Å². The van der Waals surface area contributed by atoms with Gasteiger partial charge in [-0.15, -0.1) is 0 Å². The monoisotopic (exact) mass is 325 g/mol. The number of hydrogen-bond acceptors (Lipinski definition) is 4. The molecule has 6 heteroatoms. The molecule has 0 aromatic heterocycles. The van der Waals surface area contributed by atoms with Crippen molar-refractivity contribution in [1.82, 2.24) is 14.7 Å². The smallest absolute Gasteiger partial charge is 0.254 e. The summed E-state index contributed by atoms with van der Waals surface area (Å²) >= 11 is 0. The molecule has 2 rings (SSSR count). The minimum Gasteiger partial charge on any atom is -0.369 e. The molecular weight excluding hydrogens is 294 g/mol. The first-order chi connectivity index (χ1) is 10.9. The highest BCUT2D eigenvalue weighted by molar-refractivity contribution is 5.84. The molecule has 0 spiro atoms. The van der Waals surface area contributed by atoms with E-state index in [2.05, 4.69) is 4.90 Å². The number of carbonyl (C=O) groups is 2. The van der Waals surface area contributed by atoms with Crippen LogP contribution in [-0.2, 0) is 14.3 Å². The quantitative estimate of drug-likeness (QED) is 0.772. The summed E-state index contributed by atoms with van der Waals surface area (Å²) in [6.45, 7) is 8.72. The Balaban J connectivity index is 1.78. The van der Waals surface area contributed by atoms with Gasteiger partial charge in [0.15, 0.2) is 0 Å². The number of nitrogens with zero attached hydrogens (tertiary/aromatic N) is 3. The lowest BCUT2D eigenvalue weighted by molar-refractivity contribution is -0.153. The van der Waals surface area contributed by atoms with Crippen LogP contribution in [0.3, 0.4) is 0 Å². The van der Waals surface area contributed by atoms with Crippen LogP contribution in [0, 0.1) is 0 Å². The molecule has 0 saturated carbocycles. The molecule has 0 bridgehead atoms. The molecule has 0 aliphatic carbocycles. The van der Waals surface area contributed by atoms with E-state index in [-0.39, 0.29) is 11.8 Å². The highest BCUT2D eigenvalue weighted by Crippen LogP contribution is 2.15. The molecular formula is C17H31N3O3. The topological polar surface area (TPSA) is 53.1 Å². The molecule has 132 valence electrons. The van der Waals surface area contributed by atoms with Crippen molar-refractivity contribution in [2.24, 2.45) is 0 Å². The first-order valence-corrected chi connectivity index (χ1v) is 8.78. The van der Waals surface area contributed by atoms with Gasteiger partial charge in [-0.3, -0.25) is 14.5 Å². The van der Waals surface area contributed by atoms with Gasteiger partial charge in [-0.05, 0) is 26.7 Å². The molecule has 2 heterocycles. The predicted molar refractivity (Wildman–Crippen MR) is 89.2 cm³/mol. The fourth-order valence-electron chi connectivity index (χ4n) is 3.19. The largest absolute Gasteiger partial charge is 0.369 e. The van der Waals surface area contributed by atoms with Crippen LogP contribution in [0.1, 0.15) is 39.5 Å². The van der Waals surface area contributed by atoms with Gasteiger partial charge in [-0.2, -0.15) is 0 Å². The molecule has 2 aliphatic rings. The molecule has 0 N–H and O–H groups in total. The van der Waals surface area contributed by atoms with Crippen LogP contribution < -0.4 is 0 Å². The molecule has 0 atom stereocenters. The average molecular weight is 325 g/mol. The van der Waals surface area contributed by atoms with Crippen LogP contribution in [0.25, 0.3) is 0 Å². The Bertz CT molecular complexity index is 409. The van der Waals surface area contributed by atoms with Crippen molar-refractivity contribution in [2.75, 3.05) is 52.9 Å². The minimum absolute atomic E-state index is 0.0264. The maximum Gasteiger partial charge on any atom is 0.254 e. The van der Waals surface area contributed by atoms with Crippen LogP contribution in [0.2, 0.25) is 0 Å². The molecule has 0 aromatic carbocycles. The molecule has 2 fully saturated rings. The van der Waals surface area contributed by atoms with E-state index < -0.39 is 5.60 Å². The van der Waals surface area contributed by atoms with E-state index in [1.54, 1.807) is 21.0 Å². The summed E-state index contributed by atoms with van der Waals surface area (Å²) in [5, 5.41) is 0. The summed E-state index contributed by atoms with van der Waals surface area (Å²) in [5.74, 6) is 0.266. The van der Waals surface area contributed by atoms with E-state index in [0.29, 0.717) is 19.6 Å². The second kappa shape index (κ2) is 8.11. The Morgan fingerprint density at radius 1 is 0.870 bits per heavy atom. The van der Waals surface area contributed by atoms with E-state index in [0.717, 1.165) is 39.0 Å². The van der Waals surface area contributed by atoms with Crippen molar-refractivity contribution in [1.29, 1.82) is 0 Å². The molecule has 2 amide bonds. The number of likely N-dealkylation sites (tertiary alicyclic amines) is 1. The first kappa shape index (κ1) is 18.2. The fourth-order valence-corrected chi connectivity index (χ4v) is 3.19. The van der Waals surface area contributed by atoms with Crippen molar-refractivity contribution in [2.45, 2.75) is 45.1 Å². The molecule has 0 radical (unpaired) electrons. The van der Waals surface area contributed by atoms with Crippen LogP contribution in [0.5, 0.6) is 0 Å². The maximum atomic E-state index is 12.4. The third-order valence-electron chi connectivity index (χ3n) is 5.00. The number of piperazine rings is 1. The van der Waals surface area contributed by atoms with Gasteiger partial charge >= 0.3 is 0 Å². The van der Waals surface area contributed by atoms with Gasteiger partial charge in [0.2, 0.25) is 5.91 Å². The van der Waals surface area contributed by atoms with Gasteiger partial charge in [0.1, 0.15) is 5.60 Å². The number of hydrogen-bond donors (Lipinski definition) is 0. The minimum atomic E-state index is -0.774. The zero-order valence-electron chi connectivity index (χ0n) is 14.8. The van der Waals surface area contributed by atoms with Gasteiger partial charge < -0.3 is 14.5 Å². The molecule has 0 unspecified atom stereocenters. The Morgan fingerprint density at radius 2 is 1.43 bits per heavy atom. The van der Waals surface area contributed by atoms with Crippen molar-refractivity contribution < 1.29 is 14.3 Å². The van der Waals surface area contributed by atoms with E-state index in [4.69, 9.17) is 4.74 Å². The van der Waals surface area contributed by atoms with Crippen LogP contribution >= 0.6 is 0 Å². The summed E-state index contributed by atoms with van der Waals surface area (Å²) in [7, 11) is 1.56. The molecule has 2 aliphatic heterocycles. The third-order valence-corrected chi connectivity index (χ3v) is 5.00. The summed E-state index contributed by atoms with van der Waals surface area (Å²) in [5.41, 5.74) is -0.774. The summed E-state index contributed by atoms with van der Waals surface area (Å²) in [4.78, 5) is 30.8. The van der Waals surface area contributed by atoms with Gasteiger partial charge in [-0.1, -0.05) is 12.8 Å². The van der Waals surface area contributed by atoms with Gasteiger partial charge in [0.05, 0.1) is 6.54 Å². The standard InChI is InChI=1S/C17H31N3O3/c1-17(2,23-3)16(22)20-12-10-18(11-13-20)14-15(21)19-8-6-4-5-7-9-19/h4-14H2,1-3H3. The van der Waals surface area contributed by atoms with Crippen LogP contribution in [0.4, 0.5) is 0 Å². The third kappa shape index (κ3) is 4.91. The number of ether oxygens (including phenoxy) is 1. The number of methoxy groups -OCH3 is 1. The highest BCUT2D eigenvalue weighted by Gasteiger charge is 2.33. The van der Waals surface area contributed by atoms with Crippen molar-refractivity contribution in [3.63, 3.8) is 0 Å². The average Bonchev–Trinajstić information content (AvgIpc) is 2.84. The Kier molecular flexibility index (Phi) is 6.41. The first-order valence-electron chi connectivity index (χ1n) is 8.78. The van der Waals surface area contributed by atoms with Gasteiger partial charge in [-0.25, -0.2) is 0 Å². The Labute approximate surface area is 139 Å². The van der Waals surface area contributed by atoms with Gasteiger partial charge in [0, 0.05) is 46.4 Å². The predicted octanol–water partition coefficient (Wildman–Crippen LogP) is 0.958. The zero-order chi connectivity index (χ0) is 16.9. The number of rotatable bonds is 4. The Morgan fingerprint density at radius 3 is 1.96 bits per heavy atom. The van der Waals surface area contributed by atoms with E-state index >= 15 is 0 Å². The second-order valence-electron chi connectivity index (χ2n) is 7.08. The zero-order valence-corrected chi connectivity index (χ0v) is 14.8. The fraction of sp³-hybridized carbons (Fsp3) is 0.882. The normalized spacial score (nSPS) is 21.2. The molecule has 0 aromatic rings. The SMILES string of the molecule is COC(C)(C)C(=O)N1CCN(CC(=O)N2CCCCCC2)CC1. The number of amides is 2. The molecule has 2 saturated heterocycles. The van der Waals surface area contributed by atoms with Crippen molar-refractivity contribution in [3.8, 4) is 0 Å². The summed E-state index contributed by atoms with van der Waals surface area (Å²) in [6.07, 6.45) is 4.72. The van der Waals surface area contributed by atoms with Crippen molar-refractivity contribution in [3.05, 3.63) is 0 Å². The van der Waals surface area contributed by atoms with Crippen LogP contribution in [0.15, 0.2) is 0 Å². The highest BCUT2D eigenvalue weighted by atomic mass is 16.5. The second-order valence-corrected chi connectivity index (χ2v) is 7.08. The molecule has 23 heavy (non-hydrogen) atoms. The lowest BCUT2D eigenvalue weighted by Gasteiger charge is -2.38. The number of carbonyl (C=O) groups excluding carboxylic acids is 2. The van der Waals surface area contributed by atoms with E-state index in [1.165, 1.54) is 12.8 Å². The summed E-state index contributed by atoms with van der Waals surface area (Å²) in [6, 6.07) is 0. The summed E-state index contributed by atoms with van der Waals surface area (Å²) < 4.78 is 5.27. The van der Waals surface area contributed by atoms with Crippen molar-refractivity contribution >= 4 is 11.8 Å². The Hall–Kier alpha value is -1.14. The molecule has 6 nitrogen and oxygen atoms in total. The maximum absolute atomic E-state index is 12.4. The van der Waals surface area contributed by atoms with Gasteiger partial charge in [0.25, 0.3) is 5.91 Å². The van der Waals surface area contributed by atoms with E-state index in [9.17, 15) is 9.59 Å². The lowest BCUT2D eigenvalue weighted by Crippen LogP contribution is -2.55. The lowest BCUT2D eigenvalue weighted by atomic mass is 10.1.